The molecule has 0 atom stereocenters. The molecular weight excluding hydrogens is 423 g/mol. The molecule has 0 radical (unpaired) electrons. The number of methoxy groups -OCH3 is 1. The van der Waals surface area contributed by atoms with Crippen molar-refractivity contribution in [2.24, 2.45) is 0 Å². The van der Waals surface area contributed by atoms with Gasteiger partial charge < -0.3 is 9.72 Å². The zero-order valence-electron chi connectivity index (χ0n) is 15.9. The molecule has 3 aromatic carbocycles. The topological polar surface area (TPSA) is 72.1 Å². The van der Waals surface area contributed by atoms with Gasteiger partial charge in [0.2, 0.25) is 0 Å². The summed E-state index contributed by atoms with van der Waals surface area (Å²) in [6.07, 6.45) is 0.160. The summed E-state index contributed by atoms with van der Waals surface area (Å²) >= 11 is 12.6. The van der Waals surface area contributed by atoms with Crippen LogP contribution in [0.3, 0.4) is 0 Å². The molecule has 4 rings (SSSR count). The lowest BCUT2D eigenvalue weighted by Crippen LogP contribution is -2.06. The number of aromatic nitrogens is 2. The summed E-state index contributed by atoms with van der Waals surface area (Å²) in [5, 5.41) is 0.978. The number of H-pyrrole nitrogens is 1. The molecular formula is C23H16Cl2N2O3. The molecule has 0 aliphatic carbocycles. The Bertz CT molecular complexity index is 1260. The molecule has 1 aromatic heterocycles. The number of aromatic amines is 1. The minimum Gasteiger partial charge on any atom is -0.465 e. The van der Waals surface area contributed by atoms with E-state index in [-0.39, 0.29) is 12.2 Å². The third-order valence-electron chi connectivity index (χ3n) is 4.72. The van der Waals surface area contributed by atoms with Crippen LogP contribution in [0.2, 0.25) is 10.0 Å². The first-order valence-corrected chi connectivity index (χ1v) is 9.86. The van der Waals surface area contributed by atoms with Crippen LogP contribution < -0.4 is 0 Å². The number of halogens is 2. The van der Waals surface area contributed by atoms with Crippen molar-refractivity contribution < 1.29 is 14.3 Å². The van der Waals surface area contributed by atoms with Crippen LogP contribution in [0.25, 0.3) is 22.4 Å². The van der Waals surface area contributed by atoms with E-state index in [4.69, 9.17) is 27.9 Å². The van der Waals surface area contributed by atoms with Gasteiger partial charge in [0.1, 0.15) is 5.82 Å². The fourth-order valence-electron chi connectivity index (χ4n) is 3.24. The molecule has 0 saturated carbocycles. The zero-order chi connectivity index (χ0) is 21.3. The van der Waals surface area contributed by atoms with Crippen molar-refractivity contribution in [1.82, 2.24) is 9.97 Å². The van der Waals surface area contributed by atoms with Crippen LogP contribution in [0.1, 0.15) is 26.3 Å². The molecule has 30 heavy (non-hydrogen) atoms. The molecule has 0 amide bonds. The molecule has 0 aliphatic rings. The van der Waals surface area contributed by atoms with Crippen molar-refractivity contribution in [2.45, 2.75) is 6.42 Å². The molecule has 7 heteroatoms. The fraction of sp³-hybridized carbons (Fsp3) is 0.0870. The number of hydrogen-bond donors (Lipinski definition) is 1. The number of Topliss-reactive ketones (excluding diaryl/α,β-unsaturated/α-hetero) is 1. The maximum Gasteiger partial charge on any atom is 0.337 e. The number of nitrogens with one attached hydrogen (secondary N) is 1. The Hall–Kier alpha value is -3.15. The highest BCUT2D eigenvalue weighted by Crippen LogP contribution is 2.34. The van der Waals surface area contributed by atoms with E-state index in [0.717, 1.165) is 5.56 Å². The van der Waals surface area contributed by atoms with Crippen LogP contribution >= 0.6 is 23.2 Å². The van der Waals surface area contributed by atoms with E-state index in [9.17, 15) is 9.59 Å². The van der Waals surface area contributed by atoms with E-state index in [1.54, 1.807) is 60.7 Å². The highest BCUT2D eigenvalue weighted by molar-refractivity contribution is 6.39. The van der Waals surface area contributed by atoms with Crippen LogP contribution in [0.5, 0.6) is 0 Å². The number of rotatable bonds is 5. The van der Waals surface area contributed by atoms with Gasteiger partial charge in [0.15, 0.2) is 5.78 Å². The number of carbonyl (C=O) groups is 2. The number of fused-ring (bicyclic) bond motifs is 1. The predicted molar refractivity (Wildman–Crippen MR) is 117 cm³/mol. The maximum atomic E-state index is 12.8. The second kappa shape index (κ2) is 8.30. The van der Waals surface area contributed by atoms with Gasteiger partial charge in [-0.1, -0.05) is 41.4 Å². The first kappa shape index (κ1) is 20.1. The van der Waals surface area contributed by atoms with Gasteiger partial charge in [0, 0.05) is 12.0 Å². The number of imidazole rings is 1. The van der Waals surface area contributed by atoms with Crippen molar-refractivity contribution >= 4 is 46.0 Å². The summed E-state index contributed by atoms with van der Waals surface area (Å²) in [5.74, 6) is 0.0239. The fourth-order valence-corrected chi connectivity index (χ4v) is 3.82. The zero-order valence-corrected chi connectivity index (χ0v) is 17.4. The first-order chi connectivity index (χ1) is 14.5. The average molecular weight is 439 g/mol. The van der Waals surface area contributed by atoms with Crippen molar-refractivity contribution in [2.75, 3.05) is 7.11 Å². The predicted octanol–water partition coefficient (Wildman–Crippen LogP) is 5.75. The number of nitrogens with zero attached hydrogens (tertiary/aromatic N) is 1. The van der Waals surface area contributed by atoms with Crippen LogP contribution in [0, 0.1) is 0 Å². The molecule has 0 bridgehead atoms. The first-order valence-electron chi connectivity index (χ1n) is 9.11. The standard InChI is InChI=1S/C23H16Cl2N2O3/c1-30-23(29)15-5-2-4-13(10-15)11-20(28)14-8-9-18-19(12-14)27-22(26-18)21-16(24)6-3-7-17(21)25/h2-10,12H,11H2,1H3,(H,26,27). The van der Waals surface area contributed by atoms with Crippen molar-refractivity contribution in [3.05, 3.63) is 87.4 Å². The van der Waals surface area contributed by atoms with Gasteiger partial charge in [-0.25, -0.2) is 9.78 Å². The molecule has 150 valence electrons. The molecule has 0 saturated heterocycles. The lowest BCUT2D eigenvalue weighted by Gasteiger charge is -2.04. The largest absolute Gasteiger partial charge is 0.465 e. The van der Waals surface area contributed by atoms with Gasteiger partial charge in [-0.15, -0.1) is 0 Å². The Morgan fingerprint density at radius 2 is 1.70 bits per heavy atom. The Balaban J connectivity index is 1.62. The van der Waals surface area contributed by atoms with Gasteiger partial charge >= 0.3 is 5.97 Å². The van der Waals surface area contributed by atoms with Crippen molar-refractivity contribution in [3.8, 4) is 11.4 Å². The highest BCUT2D eigenvalue weighted by atomic mass is 35.5. The minimum atomic E-state index is -0.436. The molecule has 0 fully saturated rings. The van der Waals surface area contributed by atoms with Crippen molar-refractivity contribution in [1.29, 1.82) is 0 Å². The molecule has 4 aromatic rings. The number of esters is 1. The molecule has 5 nitrogen and oxygen atoms in total. The summed E-state index contributed by atoms with van der Waals surface area (Å²) < 4.78 is 4.73. The Morgan fingerprint density at radius 1 is 0.967 bits per heavy atom. The van der Waals surface area contributed by atoms with Gasteiger partial charge in [-0.2, -0.15) is 0 Å². The molecule has 1 heterocycles. The average Bonchev–Trinajstić information content (AvgIpc) is 3.16. The quantitative estimate of drug-likeness (QED) is 0.318. The SMILES string of the molecule is COC(=O)c1cccc(CC(=O)c2ccc3nc(-c4c(Cl)cccc4Cl)[nH]c3c2)c1. The Kier molecular flexibility index (Phi) is 5.57. The van der Waals surface area contributed by atoms with E-state index in [2.05, 4.69) is 9.97 Å². The third kappa shape index (κ3) is 3.95. The summed E-state index contributed by atoms with van der Waals surface area (Å²) in [4.78, 5) is 32.2. The minimum absolute atomic E-state index is 0.0779. The van der Waals surface area contributed by atoms with E-state index < -0.39 is 5.97 Å². The van der Waals surface area contributed by atoms with Crippen LogP contribution in [-0.4, -0.2) is 28.8 Å². The second-order valence-electron chi connectivity index (χ2n) is 6.71. The van der Waals surface area contributed by atoms with Crippen LogP contribution in [0.15, 0.2) is 60.7 Å². The number of benzene rings is 3. The summed E-state index contributed by atoms with van der Waals surface area (Å²) in [6.45, 7) is 0. The Labute approximate surface area is 182 Å². The summed E-state index contributed by atoms with van der Waals surface area (Å²) in [7, 11) is 1.32. The normalized spacial score (nSPS) is 10.9. The molecule has 0 spiro atoms. The monoisotopic (exact) mass is 438 g/mol. The lowest BCUT2D eigenvalue weighted by atomic mass is 10.0. The summed E-state index contributed by atoms with van der Waals surface area (Å²) in [5.41, 5.74) is 3.69. The second-order valence-corrected chi connectivity index (χ2v) is 7.52. The number of carbonyl (C=O) groups excluding carboxylic acids is 2. The Morgan fingerprint density at radius 3 is 2.43 bits per heavy atom. The third-order valence-corrected chi connectivity index (χ3v) is 5.35. The molecule has 1 N–H and O–H groups in total. The molecule has 0 aliphatic heterocycles. The van der Waals surface area contributed by atoms with Crippen LogP contribution in [0.4, 0.5) is 0 Å². The maximum absolute atomic E-state index is 12.8. The van der Waals surface area contributed by atoms with E-state index in [1.807, 2.05) is 0 Å². The number of ether oxygens (including phenoxy) is 1. The highest BCUT2D eigenvalue weighted by Gasteiger charge is 2.15. The van der Waals surface area contributed by atoms with Gasteiger partial charge in [0.05, 0.1) is 39.3 Å². The molecule has 0 unspecified atom stereocenters. The smallest absolute Gasteiger partial charge is 0.337 e. The van der Waals surface area contributed by atoms with E-state index in [0.29, 0.717) is 43.6 Å². The van der Waals surface area contributed by atoms with Crippen LogP contribution in [-0.2, 0) is 11.2 Å². The van der Waals surface area contributed by atoms with Crippen molar-refractivity contribution in [3.63, 3.8) is 0 Å². The van der Waals surface area contributed by atoms with E-state index in [1.165, 1.54) is 7.11 Å². The van der Waals surface area contributed by atoms with E-state index >= 15 is 0 Å². The van der Waals surface area contributed by atoms with Gasteiger partial charge in [-0.3, -0.25) is 4.79 Å². The van der Waals surface area contributed by atoms with Gasteiger partial charge in [-0.05, 0) is 48.0 Å². The lowest BCUT2D eigenvalue weighted by molar-refractivity contribution is 0.0600. The summed E-state index contributed by atoms with van der Waals surface area (Å²) in [6, 6.07) is 17.4. The van der Waals surface area contributed by atoms with Gasteiger partial charge in [0.25, 0.3) is 0 Å². The number of hydrogen-bond acceptors (Lipinski definition) is 4. The number of ketones is 1.